The Kier molecular flexibility index (Phi) is 4.37. The number of likely N-dealkylation sites (tertiary alicyclic amines) is 1. The molecule has 1 heterocycles. The van der Waals surface area contributed by atoms with Gasteiger partial charge in [0.1, 0.15) is 0 Å². The van der Waals surface area contributed by atoms with E-state index in [1.807, 2.05) is 6.07 Å². The lowest BCUT2D eigenvalue weighted by Crippen LogP contribution is -2.37. The maximum absolute atomic E-state index is 10.9. The molecular formula is C15H21NO2. The third-order valence-electron chi connectivity index (χ3n) is 3.88. The van der Waals surface area contributed by atoms with Gasteiger partial charge in [-0.25, -0.2) is 0 Å². The second-order valence-electron chi connectivity index (χ2n) is 5.00. The highest BCUT2D eigenvalue weighted by Crippen LogP contribution is 2.33. The molecule has 1 aromatic carbocycles. The van der Waals surface area contributed by atoms with Gasteiger partial charge in [0, 0.05) is 6.04 Å². The fraction of sp³-hybridized carbons (Fsp3) is 0.533. The van der Waals surface area contributed by atoms with Crippen molar-refractivity contribution in [1.82, 2.24) is 4.90 Å². The smallest absolute Gasteiger partial charge is 0.317 e. The van der Waals surface area contributed by atoms with Gasteiger partial charge in [-0.15, -0.1) is 0 Å². The Bertz CT molecular complexity index is 391. The van der Waals surface area contributed by atoms with E-state index in [1.54, 1.807) is 0 Å². The Hall–Kier alpha value is -1.35. The standard InChI is InChI=1S/C15H21NO2/c1-2-13(12-7-4-3-5-8-12)14-9-6-10-16(14)11-15(17)18/h3-5,7-8,13-14H,2,6,9-11H2,1H3,(H,17,18)/t13-,14+/m0/s1. The van der Waals surface area contributed by atoms with Crippen LogP contribution in [0.1, 0.15) is 37.7 Å². The van der Waals surface area contributed by atoms with Crippen molar-refractivity contribution < 1.29 is 9.90 Å². The quantitative estimate of drug-likeness (QED) is 0.869. The largest absolute Gasteiger partial charge is 0.480 e. The van der Waals surface area contributed by atoms with E-state index in [0.717, 1.165) is 25.8 Å². The first-order chi connectivity index (χ1) is 8.72. The average molecular weight is 247 g/mol. The molecule has 0 radical (unpaired) electrons. The van der Waals surface area contributed by atoms with Crippen molar-refractivity contribution in [3.8, 4) is 0 Å². The topological polar surface area (TPSA) is 40.5 Å². The highest BCUT2D eigenvalue weighted by Gasteiger charge is 2.32. The summed E-state index contributed by atoms with van der Waals surface area (Å²) in [6.07, 6.45) is 3.28. The van der Waals surface area contributed by atoms with E-state index in [1.165, 1.54) is 5.56 Å². The van der Waals surface area contributed by atoms with Gasteiger partial charge in [0.15, 0.2) is 0 Å². The molecule has 1 saturated heterocycles. The van der Waals surface area contributed by atoms with Crippen LogP contribution in [-0.2, 0) is 4.79 Å². The van der Waals surface area contributed by atoms with Crippen LogP contribution in [0.2, 0.25) is 0 Å². The van der Waals surface area contributed by atoms with E-state index >= 15 is 0 Å². The van der Waals surface area contributed by atoms with Gasteiger partial charge < -0.3 is 5.11 Å². The lowest BCUT2D eigenvalue weighted by Gasteiger charge is -2.30. The number of nitrogens with zero attached hydrogens (tertiary/aromatic N) is 1. The molecule has 1 aliphatic heterocycles. The predicted molar refractivity (Wildman–Crippen MR) is 71.7 cm³/mol. The van der Waals surface area contributed by atoms with Gasteiger partial charge in [-0.1, -0.05) is 37.3 Å². The van der Waals surface area contributed by atoms with Crippen LogP contribution in [0.3, 0.4) is 0 Å². The van der Waals surface area contributed by atoms with Crippen LogP contribution < -0.4 is 0 Å². The minimum absolute atomic E-state index is 0.175. The van der Waals surface area contributed by atoms with Gasteiger partial charge in [-0.2, -0.15) is 0 Å². The fourth-order valence-electron chi connectivity index (χ4n) is 3.11. The summed E-state index contributed by atoms with van der Waals surface area (Å²) in [5.41, 5.74) is 1.34. The molecule has 0 aliphatic carbocycles. The van der Waals surface area contributed by atoms with Crippen LogP contribution in [-0.4, -0.2) is 35.1 Å². The van der Waals surface area contributed by atoms with Crippen molar-refractivity contribution in [2.75, 3.05) is 13.1 Å². The third-order valence-corrected chi connectivity index (χ3v) is 3.88. The molecule has 0 bridgehead atoms. The van der Waals surface area contributed by atoms with E-state index in [0.29, 0.717) is 12.0 Å². The predicted octanol–water partition coefficient (Wildman–Crippen LogP) is 2.73. The molecule has 3 nitrogen and oxygen atoms in total. The molecule has 0 saturated carbocycles. The normalized spacial score (nSPS) is 21.9. The highest BCUT2D eigenvalue weighted by molar-refractivity contribution is 5.69. The minimum Gasteiger partial charge on any atom is -0.480 e. The zero-order chi connectivity index (χ0) is 13.0. The number of hydrogen-bond donors (Lipinski definition) is 1. The van der Waals surface area contributed by atoms with E-state index < -0.39 is 5.97 Å². The zero-order valence-electron chi connectivity index (χ0n) is 10.9. The molecule has 2 atom stereocenters. The Labute approximate surface area is 108 Å². The maximum atomic E-state index is 10.9. The second-order valence-corrected chi connectivity index (χ2v) is 5.00. The average Bonchev–Trinajstić information content (AvgIpc) is 2.79. The van der Waals surface area contributed by atoms with Crippen molar-refractivity contribution >= 4 is 5.97 Å². The Morgan fingerprint density at radius 2 is 2.17 bits per heavy atom. The van der Waals surface area contributed by atoms with Gasteiger partial charge >= 0.3 is 5.97 Å². The minimum atomic E-state index is -0.718. The summed E-state index contributed by atoms with van der Waals surface area (Å²) in [6.45, 7) is 3.28. The number of carboxylic acids is 1. The SMILES string of the molecule is CC[C@@H](c1ccccc1)[C@H]1CCCN1CC(=O)O. The fourth-order valence-corrected chi connectivity index (χ4v) is 3.11. The molecule has 1 aromatic rings. The lowest BCUT2D eigenvalue weighted by molar-refractivity contribution is -0.138. The third kappa shape index (κ3) is 2.91. The molecule has 1 N–H and O–H groups in total. The first-order valence-corrected chi connectivity index (χ1v) is 6.73. The monoisotopic (exact) mass is 247 g/mol. The molecule has 0 spiro atoms. The van der Waals surface area contributed by atoms with E-state index in [-0.39, 0.29) is 6.54 Å². The van der Waals surface area contributed by atoms with Gasteiger partial charge in [-0.05, 0) is 37.3 Å². The summed E-state index contributed by atoms with van der Waals surface area (Å²) in [5, 5.41) is 8.98. The molecule has 1 fully saturated rings. The number of benzene rings is 1. The number of hydrogen-bond acceptors (Lipinski definition) is 2. The van der Waals surface area contributed by atoms with Gasteiger partial charge in [-0.3, -0.25) is 9.69 Å². The van der Waals surface area contributed by atoms with Crippen LogP contribution in [0.25, 0.3) is 0 Å². The summed E-state index contributed by atoms with van der Waals surface area (Å²) in [4.78, 5) is 13.0. The highest BCUT2D eigenvalue weighted by atomic mass is 16.4. The van der Waals surface area contributed by atoms with Crippen molar-refractivity contribution in [3.05, 3.63) is 35.9 Å². The van der Waals surface area contributed by atoms with Crippen LogP contribution in [0.15, 0.2) is 30.3 Å². The van der Waals surface area contributed by atoms with E-state index in [2.05, 4.69) is 36.1 Å². The molecule has 0 unspecified atom stereocenters. The second kappa shape index (κ2) is 6.01. The first kappa shape index (κ1) is 13.1. The van der Waals surface area contributed by atoms with Crippen LogP contribution in [0.5, 0.6) is 0 Å². The van der Waals surface area contributed by atoms with Crippen LogP contribution in [0.4, 0.5) is 0 Å². The Morgan fingerprint density at radius 3 is 2.78 bits per heavy atom. The van der Waals surface area contributed by atoms with Crippen molar-refractivity contribution in [2.24, 2.45) is 0 Å². The van der Waals surface area contributed by atoms with Crippen molar-refractivity contribution in [1.29, 1.82) is 0 Å². The summed E-state index contributed by atoms with van der Waals surface area (Å²) in [5.74, 6) is -0.266. The Morgan fingerprint density at radius 1 is 1.44 bits per heavy atom. The number of carbonyl (C=O) groups is 1. The van der Waals surface area contributed by atoms with Crippen LogP contribution >= 0.6 is 0 Å². The molecule has 98 valence electrons. The number of carboxylic acid groups (broad SMARTS) is 1. The first-order valence-electron chi connectivity index (χ1n) is 6.73. The molecule has 0 amide bonds. The van der Waals surface area contributed by atoms with Crippen molar-refractivity contribution in [2.45, 2.75) is 38.1 Å². The molecule has 2 rings (SSSR count). The van der Waals surface area contributed by atoms with Crippen LogP contribution in [0, 0.1) is 0 Å². The lowest BCUT2D eigenvalue weighted by atomic mass is 9.88. The Balaban J connectivity index is 2.14. The van der Waals surface area contributed by atoms with E-state index in [4.69, 9.17) is 5.11 Å². The van der Waals surface area contributed by atoms with Crippen molar-refractivity contribution in [3.63, 3.8) is 0 Å². The molecular weight excluding hydrogens is 226 g/mol. The summed E-state index contributed by atoms with van der Waals surface area (Å²) in [7, 11) is 0. The summed E-state index contributed by atoms with van der Waals surface area (Å²) in [6, 6.07) is 10.9. The van der Waals surface area contributed by atoms with Gasteiger partial charge in [0.05, 0.1) is 6.54 Å². The zero-order valence-corrected chi connectivity index (χ0v) is 10.9. The van der Waals surface area contributed by atoms with Gasteiger partial charge in [0.25, 0.3) is 0 Å². The molecule has 3 heteroatoms. The summed E-state index contributed by atoms with van der Waals surface area (Å²) < 4.78 is 0. The van der Waals surface area contributed by atoms with E-state index in [9.17, 15) is 4.79 Å². The maximum Gasteiger partial charge on any atom is 0.317 e. The van der Waals surface area contributed by atoms with Gasteiger partial charge in [0.2, 0.25) is 0 Å². The summed E-state index contributed by atoms with van der Waals surface area (Å²) >= 11 is 0. The molecule has 18 heavy (non-hydrogen) atoms. The molecule has 1 aliphatic rings. The number of rotatable bonds is 5. The number of aliphatic carboxylic acids is 1. The molecule has 0 aromatic heterocycles.